The van der Waals surface area contributed by atoms with Gasteiger partial charge >= 0.3 is 0 Å². The first kappa shape index (κ1) is 16.5. The molecule has 1 aromatic rings. The van der Waals surface area contributed by atoms with E-state index in [9.17, 15) is 0 Å². The van der Waals surface area contributed by atoms with Gasteiger partial charge < -0.3 is 5.32 Å². The van der Waals surface area contributed by atoms with Crippen LogP contribution in [-0.2, 0) is 0 Å². The van der Waals surface area contributed by atoms with Gasteiger partial charge in [-0.2, -0.15) is 0 Å². The highest BCUT2D eigenvalue weighted by Crippen LogP contribution is 2.31. The van der Waals surface area contributed by atoms with Gasteiger partial charge in [0.2, 0.25) is 0 Å². The number of nitrogens with zero attached hydrogens (tertiary/aromatic N) is 1. The van der Waals surface area contributed by atoms with Gasteiger partial charge in [-0.15, -0.1) is 0 Å². The van der Waals surface area contributed by atoms with Crippen molar-refractivity contribution in [2.24, 2.45) is 11.3 Å². The van der Waals surface area contributed by atoms with Gasteiger partial charge in [-0.3, -0.25) is 4.90 Å². The highest BCUT2D eigenvalue weighted by Gasteiger charge is 2.31. The lowest BCUT2D eigenvalue weighted by atomic mass is 9.81. The van der Waals surface area contributed by atoms with E-state index < -0.39 is 0 Å². The summed E-state index contributed by atoms with van der Waals surface area (Å²) in [5.74, 6) is 0.694. The molecule has 118 valence electrons. The standard InChI is InChI=1S/C19H32N2/c1-6-17-14-21(13-15(2)19(3,4)5)18(12-20-17)16-10-8-7-9-11-16/h7-11,15,17-18,20H,6,12-14H2,1-5H3. The Labute approximate surface area is 130 Å². The maximum atomic E-state index is 3.72. The van der Waals surface area contributed by atoms with Crippen LogP contribution in [0.25, 0.3) is 0 Å². The van der Waals surface area contributed by atoms with Crippen LogP contribution in [0.2, 0.25) is 0 Å². The Balaban J connectivity index is 2.14. The van der Waals surface area contributed by atoms with Crippen LogP contribution in [0.1, 0.15) is 52.6 Å². The molecule has 0 saturated carbocycles. The van der Waals surface area contributed by atoms with E-state index in [1.54, 1.807) is 0 Å². The SMILES string of the molecule is CCC1CN(CC(C)C(C)(C)C)C(c2ccccc2)CN1. The zero-order chi connectivity index (χ0) is 15.5. The first-order valence-corrected chi connectivity index (χ1v) is 8.44. The Bertz CT molecular complexity index is 421. The summed E-state index contributed by atoms with van der Waals surface area (Å²) in [5, 5.41) is 3.72. The van der Waals surface area contributed by atoms with Crippen molar-refractivity contribution in [3.8, 4) is 0 Å². The van der Waals surface area contributed by atoms with Crippen LogP contribution in [0.3, 0.4) is 0 Å². The monoisotopic (exact) mass is 288 g/mol. The van der Waals surface area contributed by atoms with Gasteiger partial charge in [-0.25, -0.2) is 0 Å². The summed E-state index contributed by atoms with van der Waals surface area (Å²) in [6.07, 6.45) is 1.21. The summed E-state index contributed by atoms with van der Waals surface area (Å²) in [6.45, 7) is 15.2. The van der Waals surface area contributed by atoms with Crippen LogP contribution in [0.15, 0.2) is 30.3 Å². The molecule has 0 bridgehead atoms. The zero-order valence-electron chi connectivity index (χ0n) is 14.4. The molecule has 21 heavy (non-hydrogen) atoms. The van der Waals surface area contributed by atoms with E-state index in [2.05, 4.69) is 75.2 Å². The summed E-state index contributed by atoms with van der Waals surface area (Å²) in [5.41, 5.74) is 1.81. The molecule has 1 aliphatic rings. The molecule has 1 saturated heterocycles. The molecule has 3 atom stereocenters. The van der Waals surface area contributed by atoms with Gasteiger partial charge in [-0.1, -0.05) is 65.0 Å². The van der Waals surface area contributed by atoms with Crippen molar-refractivity contribution in [2.45, 2.75) is 53.1 Å². The van der Waals surface area contributed by atoms with E-state index in [-0.39, 0.29) is 0 Å². The number of rotatable bonds is 4. The first-order valence-electron chi connectivity index (χ1n) is 8.44. The van der Waals surface area contributed by atoms with E-state index >= 15 is 0 Å². The molecule has 0 radical (unpaired) electrons. The maximum absolute atomic E-state index is 3.72. The maximum Gasteiger partial charge on any atom is 0.0473 e. The Kier molecular flexibility index (Phi) is 5.45. The minimum atomic E-state index is 0.369. The fraction of sp³-hybridized carbons (Fsp3) is 0.684. The van der Waals surface area contributed by atoms with Gasteiger partial charge in [0, 0.05) is 31.7 Å². The molecule has 0 aliphatic carbocycles. The Morgan fingerprint density at radius 2 is 1.90 bits per heavy atom. The summed E-state index contributed by atoms with van der Waals surface area (Å²) < 4.78 is 0. The van der Waals surface area contributed by atoms with E-state index in [4.69, 9.17) is 0 Å². The molecule has 2 heteroatoms. The number of hydrogen-bond donors (Lipinski definition) is 1. The lowest BCUT2D eigenvalue weighted by Gasteiger charge is -2.43. The van der Waals surface area contributed by atoms with Crippen LogP contribution in [-0.4, -0.2) is 30.6 Å². The minimum Gasteiger partial charge on any atom is -0.311 e. The second-order valence-electron chi connectivity index (χ2n) is 7.66. The van der Waals surface area contributed by atoms with Crippen molar-refractivity contribution in [1.29, 1.82) is 0 Å². The molecule has 3 unspecified atom stereocenters. The van der Waals surface area contributed by atoms with Crippen LogP contribution in [0.5, 0.6) is 0 Å². The van der Waals surface area contributed by atoms with E-state index in [0.717, 1.165) is 13.1 Å². The summed E-state index contributed by atoms with van der Waals surface area (Å²) in [7, 11) is 0. The average Bonchev–Trinajstić information content (AvgIpc) is 2.47. The van der Waals surface area contributed by atoms with Gasteiger partial charge in [0.05, 0.1) is 0 Å². The quantitative estimate of drug-likeness (QED) is 0.897. The number of nitrogens with one attached hydrogen (secondary N) is 1. The van der Waals surface area contributed by atoms with Gasteiger partial charge in [0.25, 0.3) is 0 Å². The molecule has 2 rings (SSSR count). The summed E-state index contributed by atoms with van der Waals surface area (Å²) in [4.78, 5) is 2.70. The molecular weight excluding hydrogens is 256 g/mol. The molecular formula is C19H32N2. The molecule has 1 aromatic carbocycles. The topological polar surface area (TPSA) is 15.3 Å². The van der Waals surface area contributed by atoms with Gasteiger partial charge in [0.15, 0.2) is 0 Å². The number of hydrogen-bond acceptors (Lipinski definition) is 2. The molecule has 0 spiro atoms. The van der Waals surface area contributed by atoms with Crippen molar-refractivity contribution >= 4 is 0 Å². The van der Waals surface area contributed by atoms with Gasteiger partial charge in [0.1, 0.15) is 0 Å². The van der Waals surface area contributed by atoms with Crippen molar-refractivity contribution in [2.75, 3.05) is 19.6 Å². The second-order valence-corrected chi connectivity index (χ2v) is 7.66. The fourth-order valence-electron chi connectivity index (χ4n) is 2.99. The molecule has 0 amide bonds. The summed E-state index contributed by atoms with van der Waals surface area (Å²) in [6, 6.07) is 12.1. The highest BCUT2D eigenvalue weighted by atomic mass is 15.2. The second kappa shape index (κ2) is 6.93. The summed E-state index contributed by atoms with van der Waals surface area (Å²) >= 11 is 0. The van der Waals surface area contributed by atoms with Crippen LogP contribution >= 0.6 is 0 Å². The largest absolute Gasteiger partial charge is 0.311 e. The first-order chi connectivity index (χ1) is 9.91. The van der Waals surface area contributed by atoms with Crippen molar-refractivity contribution in [1.82, 2.24) is 10.2 Å². The third-order valence-corrected chi connectivity index (χ3v) is 5.16. The average molecular weight is 288 g/mol. The van der Waals surface area contributed by atoms with E-state index in [1.165, 1.54) is 18.5 Å². The Hall–Kier alpha value is -0.860. The van der Waals surface area contributed by atoms with Crippen LogP contribution < -0.4 is 5.32 Å². The van der Waals surface area contributed by atoms with E-state index in [0.29, 0.717) is 23.4 Å². The molecule has 1 fully saturated rings. The predicted octanol–water partition coefficient (Wildman–Crippen LogP) is 4.09. The van der Waals surface area contributed by atoms with Crippen LogP contribution in [0.4, 0.5) is 0 Å². The molecule has 2 nitrogen and oxygen atoms in total. The number of piperazine rings is 1. The highest BCUT2D eigenvalue weighted by molar-refractivity contribution is 5.20. The normalized spacial score (nSPS) is 25.8. The number of benzene rings is 1. The fourth-order valence-corrected chi connectivity index (χ4v) is 2.99. The van der Waals surface area contributed by atoms with E-state index in [1.807, 2.05) is 0 Å². The van der Waals surface area contributed by atoms with Crippen LogP contribution in [0, 0.1) is 11.3 Å². The minimum absolute atomic E-state index is 0.369. The lowest BCUT2D eigenvalue weighted by molar-refractivity contribution is 0.0821. The Morgan fingerprint density at radius 1 is 1.24 bits per heavy atom. The van der Waals surface area contributed by atoms with Crippen molar-refractivity contribution < 1.29 is 0 Å². The molecule has 1 N–H and O–H groups in total. The van der Waals surface area contributed by atoms with Gasteiger partial charge in [-0.05, 0) is 23.3 Å². The Morgan fingerprint density at radius 3 is 2.48 bits per heavy atom. The third-order valence-electron chi connectivity index (χ3n) is 5.16. The van der Waals surface area contributed by atoms with Crippen molar-refractivity contribution in [3.05, 3.63) is 35.9 Å². The lowest BCUT2D eigenvalue weighted by Crippen LogP contribution is -2.53. The molecule has 1 heterocycles. The molecule has 1 aliphatic heterocycles. The predicted molar refractivity (Wildman–Crippen MR) is 91.5 cm³/mol. The van der Waals surface area contributed by atoms with Crippen molar-refractivity contribution in [3.63, 3.8) is 0 Å². The zero-order valence-corrected chi connectivity index (χ0v) is 14.4. The third kappa shape index (κ3) is 4.31. The molecule has 0 aromatic heterocycles. The smallest absolute Gasteiger partial charge is 0.0473 e.